The first kappa shape index (κ1) is 17.2. The molecule has 6 heteroatoms. The van der Waals surface area contributed by atoms with Gasteiger partial charge in [-0.1, -0.05) is 24.3 Å². The topological polar surface area (TPSA) is 59.6 Å². The average molecular weight is 345 g/mol. The Balaban J connectivity index is 1.67. The van der Waals surface area contributed by atoms with E-state index < -0.39 is 6.61 Å². The Morgan fingerprint density at radius 3 is 2.80 bits per heavy atom. The summed E-state index contributed by atoms with van der Waals surface area (Å²) in [7, 11) is 0. The van der Waals surface area contributed by atoms with Gasteiger partial charge in [-0.25, -0.2) is 4.99 Å². The number of nitrogens with zero attached hydrogens (tertiary/aromatic N) is 1. The van der Waals surface area contributed by atoms with E-state index >= 15 is 0 Å². The molecule has 0 fully saturated rings. The molecule has 2 aromatic carbocycles. The fourth-order valence-corrected chi connectivity index (χ4v) is 3.07. The highest BCUT2D eigenvalue weighted by molar-refractivity contribution is 5.93. The summed E-state index contributed by atoms with van der Waals surface area (Å²) in [5, 5.41) is 3.16. The van der Waals surface area contributed by atoms with E-state index in [9.17, 15) is 8.78 Å². The van der Waals surface area contributed by atoms with Crippen molar-refractivity contribution in [3.63, 3.8) is 0 Å². The van der Waals surface area contributed by atoms with Crippen molar-refractivity contribution < 1.29 is 13.5 Å². The number of halogens is 2. The van der Waals surface area contributed by atoms with Crippen molar-refractivity contribution in [1.82, 2.24) is 0 Å². The molecule has 3 rings (SSSR count). The summed E-state index contributed by atoms with van der Waals surface area (Å²) >= 11 is 0. The summed E-state index contributed by atoms with van der Waals surface area (Å²) in [6.45, 7) is -2.55. The number of hydrogen-bond acceptors (Lipinski definition) is 2. The van der Waals surface area contributed by atoms with Crippen LogP contribution >= 0.6 is 0 Å². The van der Waals surface area contributed by atoms with Gasteiger partial charge in [0.15, 0.2) is 5.96 Å². The summed E-state index contributed by atoms with van der Waals surface area (Å²) in [5.74, 6) is 0.422. The van der Waals surface area contributed by atoms with Crippen LogP contribution < -0.4 is 15.8 Å². The standard InChI is InChI=1S/C19H21F2N3O/c20-18(21)25-15-8-3-5-13(11-15)12-23-19(22)24-17-10-4-7-14-6-1-2-9-16(14)17/h3-5,7-8,10-11,18H,1-2,6,9,12H2,(H3,22,23,24). The molecular formula is C19H21F2N3O. The fourth-order valence-electron chi connectivity index (χ4n) is 3.07. The first-order valence-electron chi connectivity index (χ1n) is 8.33. The maximum absolute atomic E-state index is 12.3. The predicted molar refractivity (Wildman–Crippen MR) is 95.1 cm³/mol. The molecule has 1 aliphatic carbocycles. The van der Waals surface area contributed by atoms with Gasteiger partial charge in [0.25, 0.3) is 0 Å². The molecule has 3 N–H and O–H groups in total. The van der Waals surface area contributed by atoms with Gasteiger partial charge in [0, 0.05) is 5.69 Å². The zero-order chi connectivity index (χ0) is 17.6. The molecule has 2 aromatic rings. The second kappa shape index (κ2) is 7.96. The Morgan fingerprint density at radius 2 is 1.96 bits per heavy atom. The number of benzene rings is 2. The Bertz CT molecular complexity index is 762. The van der Waals surface area contributed by atoms with Gasteiger partial charge in [0.1, 0.15) is 5.75 Å². The minimum Gasteiger partial charge on any atom is -0.435 e. The van der Waals surface area contributed by atoms with Crippen molar-refractivity contribution in [3.05, 3.63) is 59.2 Å². The minimum absolute atomic E-state index is 0.117. The number of aryl methyl sites for hydroxylation is 1. The van der Waals surface area contributed by atoms with Crippen LogP contribution in [0.15, 0.2) is 47.5 Å². The van der Waals surface area contributed by atoms with E-state index in [1.54, 1.807) is 12.1 Å². The van der Waals surface area contributed by atoms with E-state index in [4.69, 9.17) is 5.73 Å². The second-order valence-corrected chi connectivity index (χ2v) is 6.00. The molecule has 0 amide bonds. The van der Waals surface area contributed by atoms with E-state index in [1.165, 1.54) is 36.1 Å². The zero-order valence-corrected chi connectivity index (χ0v) is 13.8. The number of rotatable bonds is 5. The van der Waals surface area contributed by atoms with Crippen LogP contribution in [0.5, 0.6) is 5.75 Å². The third-order valence-electron chi connectivity index (χ3n) is 4.21. The van der Waals surface area contributed by atoms with Gasteiger partial charge in [-0.15, -0.1) is 0 Å². The van der Waals surface area contributed by atoms with Crippen LogP contribution in [-0.2, 0) is 19.4 Å². The lowest BCUT2D eigenvalue weighted by Gasteiger charge is -2.19. The summed E-state index contributed by atoms with van der Waals surface area (Å²) in [5.41, 5.74) is 10.4. The van der Waals surface area contributed by atoms with Crippen molar-refractivity contribution in [2.24, 2.45) is 10.7 Å². The number of nitrogens with one attached hydrogen (secondary N) is 1. The smallest absolute Gasteiger partial charge is 0.387 e. The summed E-state index contributed by atoms with van der Waals surface area (Å²) in [6.07, 6.45) is 4.54. The Kier molecular flexibility index (Phi) is 5.48. The highest BCUT2D eigenvalue weighted by Crippen LogP contribution is 2.27. The van der Waals surface area contributed by atoms with Crippen LogP contribution in [0, 0.1) is 0 Å². The van der Waals surface area contributed by atoms with Crippen molar-refractivity contribution >= 4 is 11.6 Å². The van der Waals surface area contributed by atoms with Gasteiger partial charge in [0.05, 0.1) is 6.54 Å². The highest BCUT2D eigenvalue weighted by Gasteiger charge is 2.13. The number of anilines is 1. The van der Waals surface area contributed by atoms with Crippen LogP contribution in [0.2, 0.25) is 0 Å². The molecule has 0 aromatic heterocycles. The second-order valence-electron chi connectivity index (χ2n) is 6.00. The fraction of sp³-hybridized carbons (Fsp3) is 0.316. The maximum Gasteiger partial charge on any atom is 0.387 e. The summed E-state index contributed by atoms with van der Waals surface area (Å²) in [6, 6.07) is 12.6. The number of aliphatic imine (C=N–C) groups is 1. The summed E-state index contributed by atoms with van der Waals surface area (Å²) in [4.78, 5) is 4.30. The molecule has 0 saturated heterocycles. The van der Waals surface area contributed by atoms with E-state index in [1.807, 2.05) is 12.1 Å². The van der Waals surface area contributed by atoms with Crippen molar-refractivity contribution in [1.29, 1.82) is 0 Å². The normalized spacial score (nSPS) is 14.3. The lowest BCUT2D eigenvalue weighted by molar-refractivity contribution is -0.0498. The van der Waals surface area contributed by atoms with Crippen LogP contribution in [0.3, 0.4) is 0 Å². The first-order valence-corrected chi connectivity index (χ1v) is 8.33. The van der Waals surface area contributed by atoms with E-state index in [0.29, 0.717) is 5.96 Å². The highest BCUT2D eigenvalue weighted by atomic mass is 19.3. The Morgan fingerprint density at radius 1 is 1.16 bits per heavy atom. The molecule has 4 nitrogen and oxygen atoms in total. The third kappa shape index (κ3) is 4.68. The Hall–Kier alpha value is -2.63. The molecular weight excluding hydrogens is 324 g/mol. The van der Waals surface area contributed by atoms with Gasteiger partial charge >= 0.3 is 6.61 Å². The molecule has 0 unspecified atom stereocenters. The van der Waals surface area contributed by atoms with Crippen LogP contribution in [0.25, 0.3) is 0 Å². The number of ether oxygens (including phenoxy) is 1. The van der Waals surface area contributed by atoms with Crippen molar-refractivity contribution in [2.45, 2.75) is 38.8 Å². The van der Waals surface area contributed by atoms with Gasteiger partial charge in [0.2, 0.25) is 0 Å². The Labute approximate surface area is 145 Å². The van der Waals surface area contributed by atoms with Gasteiger partial charge < -0.3 is 15.8 Å². The number of fused-ring (bicyclic) bond motifs is 1. The lowest BCUT2D eigenvalue weighted by atomic mass is 9.90. The van der Waals surface area contributed by atoms with Crippen LogP contribution in [0.4, 0.5) is 14.5 Å². The summed E-state index contributed by atoms with van der Waals surface area (Å²) < 4.78 is 28.9. The maximum atomic E-state index is 12.3. The number of hydrogen-bond donors (Lipinski definition) is 2. The molecule has 0 saturated carbocycles. The van der Waals surface area contributed by atoms with Gasteiger partial charge in [-0.05, 0) is 60.6 Å². The van der Waals surface area contributed by atoms with Crippen molar-refractivity contribution in [2.75, 3.05) is 5.32 Å². The molecule has 1 aliphatic rings. The molecule has 0 spiro atoms. The largest absolute Gasteiger partial charge is 0.435 e. The number of alkyl halides is 2. The van der Waals surface area contributed by atoms with Gasteiger partial charge in [-0.2, -0.15) is 8.78 Å². The van der Waals surface area contributed by atoms with Crippen LogP contribution in [0.1, 0.15) is 29.5 Å². The van der Waals surface area contributed by atoms with Crippen molar-refractivity contribution in [3.8, 4) is 5.75 Å². The molecule has 0 heterocycles. The third-order valence-corrected chi connectivity index (χ3v) is 4.21. The zero-order valence-electron chi connectivity index (χ0n) is 13.8. The molecule has 25 heavy (non-hydrogen) atoms. The van der Waals surface area contributed by atoms with Crippen LogP contribution in [-0.4, -0.2) is 12.6 Å². The monoisotopic (exact) mass is 345 g/mol. The first-order chi connectivity index (χ1) is 12.1. The van der Waals surface area contributed by atoms with Gasteiger partial charge in [-0.3, -0.25) is 0 Å². The SMILES string of the molecule is NC(=NCc1cccc(OC(F)F)c1)Nc1cccc2c1CCCC2. The molecule has 132 valence electrons. The minimum atomic E-state index is -2.84. The molecule has 0 atom stereocenters. The van der Waals surface area contributed by atoms with E-state index in [2.05, 4.69) is 21.1 Å². The predicted octanol–water partition coefficient (Wildman–Crippen LogP) is 4.09. The number of guanidine groups is 1. The molecule has 0 aliphatic heterocycles. The quantitative estimate of drug-likeness (QED) is 0.634. The average Bonchev–Trinajstić information content (AvgIpc) is 2.60. The van der Waals surface area contributed by atoms with E-state index in [0.717, 1.165) is 24.1 Å². The van der Waals surface area contributed by atoms with E-state index in [-0.39, 0.29) is 12.3 Å². The molecule has 0 radical (unpaired) electrons. The molecule has 0 bridgehead atoms. The number of nitrogens with two attached hydrogens (primary N) is 1. The lowest BCUT2D eigenvalue weighted by Crippen LogP contribution is -2.24.